The standard InChI is InChI=1S/C17H17N5O2/c1-20-17(19)22-16(23)15-8-10-2-5-13(9-14(10)21-15)24-12-6-3-11(18)4-7-12/h2-9,21H,18H2,1H3,(H3,19,20,22,23). The summed E-state index contributed by atoms with van der Waals surface area (Å²) in [6.07, 6.45) is 0. The minimum atomic E-state index is -0.352. The van der Waals surface area contributed by atoms with Gasteiger partial charge < -0.3 is 21.2 Å². The number of aliphatic imine (C=N–C) groups is 1. The number of ether oxygens (including phenoxy) is 1. The molecule has 2 aromatic carbocycles. The van der Waals surface area contributed by atoms with Crippen LogP contribution in [0.4, 0.5) is 5.69 Å². The number of nitrogens with two attached hydrogens (primary N) is 2. The predicted molar refractivity (Wildman–Crippen MR) is 94.2 cm³/mol. The highest BCUT2D eigenvalue weighted by molar-refractivity contribution is 6.06. The number of rotatable bonds is 3. The lowest BCUT2D eigenvalue weighted by Gasteiger charge is -2.05. The van der Waals surface area contributed by atoms with Crippen LogP contribution in [-0.4, -0.2) is 23.9 Å². The highest BCUT2D eigenvalue weighted by Gasteiger charge is 2.11. The fourth-order valence-corrected chi connectivity index (χ4v) is 2.20. The van der Waals surface area contributed by atoms with E-state index in [1.807, 2.05) is 18.2 Å². The van der Waals surface area contributed by atoms with E-state index < -0.39 is 0 Å². The predicted octanol–water partition coefficient (Wildman–Crippen LogP) is 2.22. The number of fused-ring (bicyclic) bond motifs is 1. The number of hydrogen-bond donors (Lipinski definition) is 4. The Morgan fingerprint density at radius 1 is 1.12 bits per heavy atom. The number of carbonyl (C=O) groups excluding carboxylic acids is 1. The van der Waals surface area contributed by atoms with Gasteiger partial charge >= 0.3 is 0 Å². The third-order valence-corrected chi connectivity index (χ3v) is 3.44. The Balaban J connectivity index is 1.83. The van der Waals surface area contributed by atoms with E-state index in [1.54, 1.807) is 30.3 Å². The van der Waals surface area contributed by atoms with Crippen LogP contribution in [0.3, 0.4) is 0 Å². The zero-order valence-corrected chi connectivity index (χ0v) is 13.0. The number of aromatic amines is 1. The molecule has 3 aromatic rings. The summed E-state index contributed by atoms with van der Waals surface area (Å²) < 4.78 is 5.78. The molecule has 0 radical (unpaired) electrons. The number of aromatic nitrogens is 1. The minimum Gasteiger partial charge on any atom is -0.457 e. The summed E-state index contributed by atoms with van der Waals surface area (Å²) in [5.41, 5.74) is 13.0. The van der Waals surface area contributed by atoms with Crippen LogP contribution in [0, 0.1) is 0 Å². The summed E-state index contributed by atoms with van der Waals surface area (Å²) in [5, 5.41) is 3.37. The number of nitrogens with zero attached hydrogens (tertiary/aromatic N) is 1. The number of anilines is 1. The van der Waals surface area contributed by atoms with Gasteiger partial charge in [-0.2, -0.15) is 0 Å². The van der Waals surface area contributed by atoms with Gasteiger partial charge in [-0.15, -0.1) is 0 Å². The summed E-state index contributed by atoms with van der Waals surface area (Å²) in [5.74, 6) is 1.04. The average Bonchev–Trinajstić information content (AvgIpc) is 3.00. The van der Waals surface area contributed by atoms with Crippen molar-refractivity contribution in [3.05, 3.63) is 54.2 Å². The van der Waals surface area contributed by atoms with Crippen LogP contribution < -0.4 is 21.5 Å². The second kappa shape index (κ2) is 6.33. The van der Waals surface area contributed by atoms with E-state index in [2.05, 4.69) is 15.3 Å². The molecule has 0 aliphatic rings. The summed E-state index contributed by atoms with van der Waals surface area (Å²) in [6, 6.07) is 14.4. The van der Waals surface area contributed by atoms with Gasteiger partial charge in [-0.25, -0.2) is 0 Å². The molecule has 0 saturated heterocycles. The normalized spacial score (nSPS) is 11.5. The van der Waals surface area contributed by atoms with Crippen molar-refractivity contribution >= 4 is 28.5 Å². The Kier molecular flexibility index (Phi) is 4.07. The van der Waals surface area contributed by atoms with Gasteiger partial charge in [-0.3, -0.25) is 15.1 Å². The highest BCUT2D eigenvalue weighted by atomic mass is 16.5. The van der Waals surface area contributed by atoms with E-state index in [0.717, 1.165) is 10.9 Å². The van der Waals surface area contributed by atoms with E-state index >= 15 is 0 Å². The Bertz CT molecular complexity index is 912. The molecule has 6 N–H and O–H groups in total. The molecular formula is C17H17N5O2. The Morgan fingerprint density at radius 2 is 1.83 bits per heavy atom. The van der Waals surface area contributed by atoms with Gasteiger partial charge in [0.1, 0.15) is 17.2 Å². The maximum absolute atomic E-state index is 12.0. The summed E-state index contributed by atoms with van der Waals surface area (Å²) >= 11 is 0. The molecule has 0 aliphatic heterocycles. The lowest BCUT2D eigenvalue weighted by atomic mass is 10.2. The molecule has 7 heteroatoms. The number of nitrogens with one attached hydrogen (secondary N) is 2. The molecule has 0 fully saturated rings. The van der Waals surface area contributed by atoms with Gasteiger partial charge in [0, 0.05) is 29.7 Å². The SMILES string of the molecule is CN=C(N)NC(=O)c1cc2ccc(Oc3ccc(N)cc3)cc2[nH]1. The fourth-order valence-electron chi connectivity index (χ4n) is 2.20. The Hall–Kier alpha value is -3.48. The van der Waals surface area contributed by atoms with Gasteiger partial charge in [0.25, 0.3) is 5.91 Å². The molecule has 7 nitrogen and oxygen atoms in total. The van der Waals surface area contributed by atoms with Crippen molar-refractivity contribution in [2.24, 2.45) is 10.7 Å². The lowest BCUT2D eigenvalue weighted by Crippen LogP contribution is -2.36. The number of benzene rings is 2. The van der Waals surface area contributed by atoms with Gasteiger partial charge in [0.2, 0.25) is 0 Å². The number of nitrogen functional groups attached to an aromatic ring is 1. The molecule has 0 spiro atoms. The second-order valence-corrected chi connectivity index (χ2v) is 5.17. The number of hydrogen-bond acceptors (Lipinski definition) is 4. The smallest absolute Gasteiger partial charge is 0.274 e. The van der Waals surface area contributed by atoms with Gasteiger partial charge in [-0.05, 0) is 42.5 Å². The van der Waals surface area contributed by atoms with Crippen LogP contribution in [0.1, 0.15) is 10.5 Å². The zero-order valence-electron chi connectivity index (χ0n) is 13.0. The molecule has 1 amide bonds. The van der Waals surface area contributed by atoms with Crippen molar-refractivity contribution < 1.29 is 9.53 Å². The number of H-pyrrole nitrogens is 1. The molecule has 0 atom stereocenters. The van der Waals surface area contributed by atoms with Gasteiger partial charge in [0.05, 0.1) is 0 Å². The number of guanidine groups is 1. The summed E-state index contributed by atoms with van der Waals surface area (Å²) in [6.45, 7) is 0. The van der Waals surface area contributed by atoms with Crippen LogP contribution in [0.2, 0.25) is 0 Å². The van der Waals surface area contributed by atoms with Crippen LogP contribution in [0.5, 0.6) is 11.5 Å². The molecule has 0 saturated carbocycles. The third kappa shape index (κ3) is 3.30. The molecule has 24 heavy (non-hydrogen) atoms. The van der Waals surface area contributed by atoms with E-state index in [4.69, 9.17) is 16.2 Å². The van der Waals surface area contributed by atoms with E-state index in [0.29, 0.717) is 22.9 Å². The van der Waals surface area contributed by atoms with E-state index in [1.165, 1.54) is 7.05 Å². The molecule has 0 unspecified atom stereocenters. The highest BCUT2D eigenvalue weighted by Crippen LogP contribution is 2.26. The monoisotopic (exact) mass is 323 g/mol. The van der Waals surface area contributed by atoms with Crippen LogP contribution >= 0.6 is 0 Å². The summed E-state index contributed by atoms with van der Waals surface area (Å²) in [7, 11) is 1.50. The topological polar surface area (TPSA) is 119 Å². The van der Waals surface area contributed by atoms with Gasteiger partial charge in [0.15, 0.2) is 5.96 Å². The third-order valence-electron chi connectivity index (χ3n) is 3.44. The first kappa shape index (κ1) is 15.4. The maximum atomic E-state index is 12.0. The maximum Gasteiger partial charge on any atom is 0.274 e. The van der Waals surface area contributed by atoms with E-state index in [-0.39, 0.29) is 11.9 Å². The quantitative estimate of drug-likeness (QED) is 0.336. The second-order valence-electron chi connectivity index (χ2n) is 5.17. The van der Waals surface area contributed by atoms with Crippen molar-refractivity contribution in [1.29, 1.82) is 0 Å². The molecule has 1 aromatic heterocycles. The van der Waals surface area contributed by atoms with Crippen LogP contribution in [0.25, 0.3) is 10.9 Å². The lowest BCUT2D eigenvalue weighted by molar-refractivity contribution is 0.0972. The average molecular weight is 323 g/mol. The molecule has 0 aliphatic carbocycles. The zero-order chi connectivity index (χ0) is 17.1. The molecule has 3 rings (SSSR count). The molecule has 0 bridgehead atoms. The van der Waals surface area contributed by atoms with Gasteiger partial charge in [-0.1, -0.05) is 0 Å². The number of amides is 1. The van der Waals surface area contributed by atoms with Crippen LogP contribution in [0.15, 0.2) is 53.5 Å². The Labute approximate surface area is 138 Å². The molecular weight excluding hydrogens is 306 g/mol. The number of carbonyl (C=O) groups is 1. The van der Waals surface area contributed by atoms with Crippen molar-refractivity contribution in [2.45, 2.75) is 0 Å². The van der Waals surface area contributed by atoms with Crippen LogP contribution in [-0.2, 0) is 0 Å². The first-order valence-electron chi connectivity index (χ1n) is 7.25. The minimum absolute atomic E-state index is 0.0611. The van der Waals surface area contributed by atoms with Crippen molar-refractivity contribution in [1.82, 2.24) is 10.3 Å². The van der Waals surface area contributed by atoms with Crippen molar-refractivity contribution in [3.63, 3.8) is 0 Å². The first-order chi connectivity index (χ1) is 11.5. The molecule has 1 heterocycles. The van der Waals surface area contributed by atoms with E-state index in [9.17, 15) is 4.79 Å². The fraction of sp³-hybridized carbons (Fsp3) is 0.0588. The van der Waals surface area contributed by atoms with Crippen molar-refractivity contribution in [2.75, 3.05) is 12.8 Å². The molecule has 122 valence electrons. The van der Waals surface area contributed by atoms with Crippen molar-refractivity contribution in [3.8, 4) is 11.5 Å². The first-order valence-corrected chi connectivity index (χ1v) is 7.25. The summed E-state index contributed by atoms with van der Waals surface area (Å²) in [4.78, 5) is 18.8. The largest absolute Gasteiger partial charge is 0.457 e. The Morgan fingerprint density at radius 3 is 2.54 bits per heavy atom.